The van der Waals surface area contributed by atoms with Crippen LogP contribution in [-0.2, 0) is 12.8 Å². The lowest BCUT2D eigenvalue weighted by atomic mass is 10.1. The van der Waals surface area contributed by atoms with E-state index in [0.717, 1.165) is 37.5 Å². The zero-order chi connectivity index (χ0) is 16.5. The highest BCUT2D eigenvalue weighted by Gasteiger charge is 2.06. The highest BCUT2D eigenvalue weighted by molar-refractivity contribution is 14.0. The Kier molecular flexibility index (Phi) is 9.94. The number of nitrogens with zero attached hydrogens (tertiary/aromatic N) is 1. The van der Waals surface area contributed by atoms with Crippen LogP contribution in [0.3, 0.4) is 0 Å². The van der Waals surface area contributed by atoms with Crippen LogP contribution in [0, 0.1) is 11.7 Å². The lowest BCUT2D eigenvalue weighted by Crippen LogP contribution is -2.40. The summed E-state index contributed by atoms with van der Waals surface area (Å²) < 4.78 is 13.1. The van der Waals surface area contributed by atoms with Crippen molar-refractivity contribution < 1.29 is 4.39 Å². The van der Waals surface area contributed by atoms with Gasteiger partial charge in [-0.3, -0.25) is 4.99 Å². The van der Waals surface area contributed by atoms with Crippen LogP contribution >= 0.6 is 35.3 Å². The molecule has 0 aliphatic carbocycles. The van der Waals surface area contributed by atoms with Crippen LogP contribution in [-0.4, -0.2) is 26.1 Å². The van der Waals surface area contributed by atoms with E-state index in [0.29, 0.717) is 5.92 Å². The monoisotopic (exact) mass is 461 g/mol. The second kappa shape index (κ2) is 11.4. The fourth-order valence-corrected chi connectivity index (χ4v) is 3.22. The standard InChI is InChI=1S/C18H24FN3S.HI/c1-14(11-17-7-4-10-23-17)13-22-18(20-2)21-9-8-15-5-3-6-16(19)12-15;/h3-7,10,12,14H,8-9,11,13H2,1-2H3,(H2,20,21,22);1H. The minimum atomic E-state index is -0.188. The number of rotatable bonds is 7. The maximum Gasteiger partial charge on any atom is 0.190 e. The number of halogens is 2. The van der Waals surface area contributed by atoms with Crippen molar-refractivity contribution in [3.05, 3.63) is 58.0 Å². The Hall–Kier alpha value is -1.15. The van der Waals surface area contributed by atoms with E-state index in [9.17, 15) is 4.39 Å². The van der Waals surface area contributed by atoms with Crippen LogP contribution in [0.15, 0.2) is 46.8 Å². The maximum absolute atomic E-state index is 13.1. The molecule has 2 rings (SSSR count). The van der Waals surface area contributed by atoms with Gasteiger partial charge in [0.2, 0.25) is 0 Å². The Balaban J connectivity index is 0.00000288. The predicted octanol–water partition coefficient (Wildman–Crippen LogP) is 4.09. The molecule has 0 spiro atoms. The SMILES string of the molecule is CN=C(NCCc1cccc(F)c1)NCC(C)Cc1cccs1.I. The normalized spacial score (nSPS) is 12.4. The average molecular weight is 461 g/mol. The lowest BCUT2D eigenvalue weighted by molar-refractivity contribution is 0.562. The summed E-state index contributed by atoms with van der Waals surface area (Å²) in [4.78, 5) is 5.64. The van der Waals surface area contributed by atoms with Crippen LogP contribution in [0.25, 0.3) is 0 Å². The Bertz CT molecular complexity index is 616. The van der Waals surface area contributed by atoms with Gasteiger partial charge >= 0.3 is 0 Å². The Morgan fingerprint density at radius 2 is 2.08 bits per heavy atom. The van der Waals surface area contributed by atoms with Crippen molar-refractivity contribution in [1.29, 1.82) is 0 Å². The first-order valence-corrected chi connectivity index (χ1v) is 8.76. The fraction of sp³-hybridized carbons (Fsp3) is 0.389. The van der Waals surface area contributed by atoms with E-state index < -0.39 is 0 Å². The molecular formula is C18H25FIN3S. The molecule has 1 heterocycles. The molecule has 1 atom stereocenters. The minimum absolute atomic E-state index is 0. The summed E-state index contributed by atoms with van der Waals surface area (Å²) in [5.41, 5.74) is 0.985. The Morgan fingerprint density at radius 1 is 1.25 bits per heavy atom. The molecule has 132 valence electrons. The minimum Gasteiger partial charge on any atom is -0.356 e. The molecule has 0 bridgehead atoms. The molecule has 0 fully saturated rings. The summed E-state index contributed by atoms with van der Waals surface area (Å²) in [7, 11) is 1.77. The fourth-order valence-electron chi connectivity index (χ4n) is 2.35. The molecule has 2 N–H and O–H groups in total. The van der Waals surface area contributed by atoms with E-state index in [2.05, 4.69) is 40.1 Å². The van der Waals surface area contributed by atoms with Gasteiger partial charge < -0.3 is 10.6 Å². The largest absolute Gasteiger partial charge is 0.356 e. The molecule has 24 heavy (non-hydrogen) atoms. The van der Waals surface area contributed by atoms with Crippen molar-refractivity contribution in [3.63, 3.8) is 0 Å². The number of guanidine groups is 1. The van der Waals surface area contributed by atoms with Crippen molar-refractivity contribution in [2.24, 2.45) is 10.9 Å². The number of benzene rings is 1. The molecule has 1 aromatic carbocycles. The van der Waals surface area contributed by atoms with Crippen molar-refractivity contribution in [3.8, 4) is 0 Å². The van der Waals surface area contributed by atoms with Gasteiger partial charge in [-0.05, 0) is 47.9 Å². The van der Waals surface area contributed by atoms with E-state index in [4.69, 9.17) is 0 Å². The third-order valence-electron chi connectivity index (χ3n) is 3.57. The molecule has 0 saturated carbocycles. The first-order valence-electron chi connectivity index (χ1n) is 7.88. The molecular weight excluding hydrogens is 436 g/mol. The highest BCUT2D eigenvalue weighted by Crippen LogP contribution is 2.13. The number of hydrogen-bond donors (Lipinski definition) is 2. The quantitative estimate of drug-likeness (QED) is 0.370. The number of nitrogens with one attached hydrogen (secondary N) is 2. The molecule has 0 radical (unpaired) electrons. The zero-order valence-electron chi connectivity index (χ0n) is 14.1. The van der Waals surface area contributed by atoms with E-state index in [1.54, 1.807) is 30.5 Å². The average Bonchev–Trinajstić information content (AvgIpc) is 3.03. The third-order valence-corrected chi connectivity index (χ3v) is 4.47. The summed E-state index contributed by atoms with van der Waals surface area (Å²) >= 11 is 1.80. The zero-order valence-corrected chi connectivity index (χ0v) is 17.2. The van der Waals surface area contributed by atoms with Gasteiger partial charge in [0.05, 0.1) is 0 Å². The van der Waals surface area contributed by atoms with Crippen LogP contribution < -0.4 is 10.6 Å². The molecule has 6 heteroatoms. The van der Waals surface area contributed by atoms with Gasteiger partial charge in [-0.25, -0.2) is 4.39 Å². The third kappa shape index (κ3) is 7.61. The van der Waals surface area contributed by atoms with Gasteiger partial charge in [-0.2, -0.15) is 0 Å². The number of aliphatic imine (C=N–C) groups is 1. The molecule has 0 saturated heterocycles. The molecule has 3 nitrogen and oxygen atoms in total. The molecule has 0 aliphatic heterocycles. The smallest absolute Gasteiger partial charge is 0.190 e. The summed E-state index contributed by atoms with van der Waals surface area (Å²) in [5.74, 6) is 1.14. The molecule has 0 aliphatic rings. The number of hydrogen-bond acceptors (Lipinski definition) is 2. The first-order chi connectivity index (χ1) is 11.2. The molecule has 0 amide bonds. The van der Waals surface area contributed by atoms with Gasteiger partial charge in [0.1, 0.15) is 5.82 Å². The predicted molar refractivity (Wildman–Crippen MR) is 112 cm³/mol. The Morgan fingerprint density at radius 3 is 2.75 bits per heavy atom. The molecule has 1 unspecified atom stereocenters. The van der Waals surface area contributed by atoms with E-state index in [1.165, 1.54) is 10.9 Å². The topological polar surface area (TPSA) is 36.4 Å². The van der Waals surface area contributed by atoms with Crippen LogP contribution in [0.5, 0.6) is 0 Å². The lowest BCUT2D eigenvalue weighted by Gasteiger charge is -2.15. The van der Waals surface area contributed by atoms with Crippen molar-refractivity contribution in [2.75, 3.05) is 20.1 Å². The number of thiophene rings is 1. The summed E-state index contributed by atoms with van der Waals surface area (Å²) in [6.07, 6.45) is 1.84. The maximum atomic E-state index is 13.1. The van der Waals surface area contributed by atoms with E-state index in [1.807, 2.05) is 6.07 Å². The molecule has 2 aromatic rings. The Labute approximate surface area is 164 Å². The van der Waals surface area contributed by atoms with Crippen LogP contribution in [0.2, 0.25) is 0 Å². The van der Waals surface area contributed by atoms with Crippen molar-refractivity contribution in [2.45, 2.75) is 19.8 Å². The van der Waals surface area contributed by atoms with Gasteiger partial charge in [-0.1, -0.05) is 25.1 Å². The van der Waals surface area contributed by atoms with E-state index >= 15 is 0 Å². The first kappa shape index (κ1) is 20.9. The van der Waals surface area contributed by atoms with Crippen LogP contribution in [0.4, 0.5) is 4.39 Å². The second-order valence-electron chi connectivity index (χ2n) is 5.65. The highest BCUT2D eigenvalue weighted by atomic mass is 127. The van der Waals surface area contributed by atoms with Crippen molar-refractivity contribution in [1.82, 2.24) is 10.6 Å². The van der Waals surface area contributed by atoms with Crippen LogP contribution in [0.1, 0.15) is 17.4 Å². The van der Waals surface area contributed by atoms with Crippen molar-refractivity contribution >= 4 is 41.3 Å². The second-order valence-corrected chi connectivity index (χ2v) is 6.68. The molecule has 1 aromatic heterocycles. The van der Waals surface area contributed by atoms with Gasteiger partial charge in [0.25, 0.3) is 0 Å². The summed E-state index contributed by atoms with van der Waals surface area (Å²) in [6, 6.07) is 11.0. The van der Waals surface area contributed by atoms with E-state index in [-0.39, 0.29) is 29.8 Å². The van der Waals surface area contributed by atoms with Gasteiger partial charge in [0.15, 0.2) is 5.96 Å². The van der Waals surface area contributed by atoms with Gasteiger partial charge in [-0.15, -0.1) is 35.3 Å². The summed E-state index contributed by atoms with van der Waals surface area (Å²) in [6.45, 7) is 3.83. The summed E-state index contributed by atoms with van der Waals surface area (Å²) in [5, 5.41) is 8.73. The van der Waals surface area contributed by atoms with Gasteiger partial charge in [0, 0.05) is 25.0 Å².